The normalized spacial score (nSPS) is 11.8. The van der Waals surface area contributed by atoms with E-state index in [0.29, 0.717) is 5.82 Å². The molecule has 0 atom stereocenters. The van der Waals surface area contributed by atoms with Gasteiger partial charge < -0.3 is 5.73 Å². The number of nitrogen functional groups attached to an aromatic ring is 1. The van der Waals surface area contributed by atoms with Crippen LogP contribution < -0.4 is 5.73 Å². The first-order valence-corrected chi connectivity index (χ1v) is 6.20. The maximum Gasteiger partial charge on any atom is 0.146 e. The SMILES string of the molecule is Cc1cc(C(C)(C)C)ccc1-c1cc(N)nn1C. The average molecular weight is 243 g/mol. The maximum atomic E-state index is 5.73. The second kappa shape index (κ2) is 4.16. The molecular formula is C15H21N3. The predicted octanol–water partition coefficient (Wildman–Crippen LogP) is 3.28. The third-order valence-electron chi connectivity index (χ3n) is 3.27. The molecule has 1 aromatic carbocycles. The summed E-state index contributed by atoms with van der Waals surface area (Å²) in [5, 5.41) is 4.19. The summed E-state index contributed by atoms with van der Waals surface area (Å²) in [6.07, 6.45) is 0. The van der Waals surface area contributed by atoms with Crippen LogP contribution in [-0.4, -0.2) is 9.78 Å². The van der Waals surface area contributed by atoms with E-state index in [0.717, 1.165) is 5.69 Å². The molecule has 1 aromatic heterocycles. The molecule has 0 spiro atoms. The fourth-order valence-electron chi connectivity index (χ4n) is 2.16. The fraction of sp³-hybridized carbons (Fsp3) is 0.400. The first-order valence-electron chi connectivity index (χ1n) is 6.20. The molecular weight excluding hydrogens is 222 g/mol. The Balaban J connectivity index is 2.51. The van der Waals surface area contributed by atoms with Gasteiger partial charge in [0, 0.05) is 18.7 Å². The van der Waals surface area contributed by atoms with Crippen molar-refractivity contribution in [1.82, 2.24) is 9.78 Å². The molecule has 18 heavy (non-hydrogen) atoms. The van der Waals surface area contributed by atoms with E-state index in [1.165, 1.54) is 16.7 Å². The van der Waals surface area contributed by atoms with E-state index >= 15 is 0 Å². The molecule has 0 aliphatic heterocycles. The van der Waals surface area contributed by atoms with Crippen LogP contribution in [0, 0.1) is 6.92 Å². The molecule has 0 fully saturated rings. The Hall–Kier alpha value is -1.77. The fourth-order valence-corrected chi connectivity index (χ4v) is 2.16. The lowest BCUT2D eigenvalue weighted by molar-refractivity contribution is 0.590. The lowest BCUT2D eigenvalue weighted by atomic mass is 9.85. The first-order chi connectivity index (χ1) is 8.29. The topological polar surface area (TPSA) is 43.8 Å². The summed E-state index contributed by atoms with van der Waals surface area (Å²) in [7, 11) is 1.92. The summed E-state index contributed by atoms with van der Waals surface area (Å²) in [6, 6.07) is 8.51. The molecule has 2 rings (SSSR count). The minimum Gasteiger partial charge on any atom is -0.382 e. The Bertz CT molecular complexity index is 574. The van der Waals surface area contributed by atoms with E-state index in [9.17, 15) is 0 Å². The van der Waals surface area contributed by atoms with Crippen molar-refractivity contribution in [2.24, 2.45) is 7.05 Å². The zero-order valence-corrected chi connectivity index (χ0v) is 11.8. The van der Waals surface area contributed by atoms with Crippen LogP contribution in [0.15, 0.2) is 24.3 Å². The number of aromatic nitrogens is 2. The summed E-state index contributed by atoms with van der Waals surface area (Å²) >= 11 is 0. The maximum absolute atomic E-state index is 5.73. The summed E-state index contributed by atoms with van der Waals surface area (Å²) in [6.45, 7) is 8.81. The van der Waals surface area contributed by atoms with E-state index in [-0.39, 0.29) is 5.41 Å². The molecule has 0 radical (unpaired) electrons. The number of hydrogen-bond acceptors (Lipinski definition) is 2. The highest BCUT2D eigenvalue weighted by Crippen LogP contribution is 2.29. The molecule has 0 aliphatic carbocycles. The molecule has 0 bridgehead atoms. The van der Waals surface area contributed by atoms with Crippen molar-refractivity contribution in [3.63, 3.8) is 0 Å². The van der Waals surface area contributed by atoms with Crippen molar-refractivity contribution in [2.45, 2.75) is 33.1 Å². The van der Waals surface area contributed by atoms with Crippen LogP contribution in [0.4, 0.5) is 5.82 Å². The van der Waals surface area contributed by atoms with Crippen LogP contribution in [0.25, 0.3) is 11.3 Å². The van der Waals surface area contributed by atoms with Crippen LogP contribution >= 0.6 is 0 Å². The summed E-state index contributed by atoms with van der Waals surface area (Å²) in [5.74, 6) is 0.562. The number of hydrogen-bond donors (Lipinski definition) is 1. The molecule has 0 saturated heterocycles. The number of aryl methyl sites for hydroxylation is 2. The van der Waals surface area contributed by atoms with Gasteiger partial charge in [0.25, 0.3) is 0 Å². The van der Waals surface area contributed by atoms with Gasteiger partial charge in [-0.05, 0) is 23.5 Å². The molecule has 0 amide bonds. The molecule has 0 aliphatic rings. The minimum atomic E-state index is 0.175. The van der Waals surface area contributed by atoms with Crippen LogP contribution in [0.3, 0.4) is 0 Å². The van der Waals surface area contributed by atoms with Gasteiger partial charge in [0.15, 0.2) is 0 Å². The van der Waals surface area contributed by atoms with Gasteiger partial charge in [-0.3, -0.25) is 4.68 Å². The Kier molecular flexibility index (Phi) is 2.93. The van der Waals surface area contributed by atoms with E-state index in [1.54, 1.807) is 0 Å². The second-order valence-corrected chi connectivity index (χ2v) is 5.86. The van der Waals surface area contributed by atoms with E-state index in [1.807, 2.05) is 17.8 Å². The molecule has 3 nitrogen and oxygen atoms in total. The number of nitrogens with zero attached hydrogens (tertiary/aromatic N) is 2. The molecule has 2 N–H and O–H groups in total. The lowest BCUT2D eigenvalue weighted by Gasteiger charge is -2.20. The Morgan fingerprint density at radius 1 is 1.17 bits per heavy atom. The van der Waals surface area contributed by atoms with Crippen molar-refractivity contribution in [3.8, 4) is 11.3 Å². The number of rotatable bonds is 1. The largest absolute Gasteiger partial charge is 0.382 e. The Morgan fingerprint density at radius 3 is 2.28 bits per heavy atom. The van der Waals surface area contributed by atoms with Crippen molar-refractivity contribution in [1.29, 1.82) is 0 Å². The Morgan fingerprint density at radius 2 is 1.83 bits per heavy atom. The zero-order chi connectivity index (χ0) is 13.5. The lowest BCUT2D eigenvalue weighted by Crippen LogP contribution is -2.11. The van der Waals surface area contributed by atoms with Gasteiger partial charge in [0.05, 0.1) is 5.69 Å². The van der Waals surface area contributed by atoms with E-state index < -0.39 is 0 Å². The highest BCUT2D eigenvalue weighted by Gasteiger charge is 2.16. The summed E-state index contributed by atoms with van der Waals surface area (Å²) in [5.41, 5.74) is 10.8. The summed E-state index contributed by atoms with van der Waals surface area (Å²) < 4.78 is 1.83. The molecule has 2 aromatic rings. The molecule has 3 heteroatoms. The third-order valence-corrected chi connectivity index (χ3v) is 3.27. The van der Waals surface area contributed by atoms with Crippen LogP contribution in [0.1, 0.15) is 31.9 Å². The minimum absolute atomic E-state index is 0.175. The van der Waals surface area contributed by atoms with Crippen LogP contribution in [-0.2, 0) is 12.5 Å². The van der Waals surface area contributed by atoms with Crippen molar-refractivity contribution in [2.75, 3.05) is 5.73 Å². The van der Waals surface area contributed by atoms with Gasteiger partial charge in [0.1, 0.15) is 5.82 Å². The Labute approximate surface area is 109 Å². The van der Waals surface area contributed by atoms with Gasteiger partial charge >= 0.3 is 0 Å². The number of benzene rings is 1. The zero-order valence-electron chi connectivity index (χ0n) is 11.8. The first kappa shape index (κ1) is 12.7. The molecule has 1 heterocycles. The quantitative estimate of drug-likeness (QED) is 0.835. The van der Waals surface area contributed by atoms with Gasteiger partial charge in [-0.2, -0.15) is 5.10 Å². The highest BCUT2D eigenvalue weighted by atomic mass is 15.3. The van der Waals surface area contributed by atoms with Crippen molar-refractivity contribution < 1.29 is 0 Å². The van der Waals surface area contributed by atoms with Crippen LogP contribution in [0.2, 0.25) is 0 Å². The van der Waals surface area contributed by atoms with E-state index in [4.69, 9.17) is 5.73 Å². The van der Waals surface area contributed by atoms with Crippen molar-refractivity contribution in [3.05, 3.63) is 35.4 Å². The van der Waals surface area contributed by atoms with Crippen molar-refractivity contribution >= 4 is 5.82 Å². The second-order valence-electron chi connectivity index (χ2n) is 5.86. The number of anilines is 1. The summed E-state index contributed by atoms with van der Waals surface area (Å²) in [4.78, 5) is 0. The third kappa shape index (κ3) is 2.26. The molecule has 0 unspecified atom stereocenters. The standard InChI is InChI=1S/C15H21N3/c1-10-8-11(15(2,3)4)6-7-12(10)13-9-14(16)17-18(13)5/h6-9H,1-5H3,(H2,16,17). The van der Waals surface area contributed by atoms with Gasteiger partial charge in [-0.25, -0.2) is 0 Å². The van der Waals surface area contributed by atoms with Gasteiger partial charge in [0.2, 0.25) is 0 Å². The molecule has 0 saturated carbocycles. The van der Waals surface area contributed by atoms with Crippen LogP contribution in [0.5, 0.6) is 0 Å². The predicted molar refractivity (Wildman–Crippen MR) is 76.5 cm³/mol. The monoisotopic (exact) mass is 243 g/mol. The van der Waals surface area contributed by atoms with Gasteiger partial charge in [-0.1, -0.05) is 39.0 Å². The van der Waals surface area contributed by atoms with E-state index in [2.05, 4.69) is 51.0 Å². The van der Waals surface area contributed by atoms with Gasteiger partial charge in [-0.15, -0.1) is 0 Å². The molecule has 96 valence electrons. The average Bonchev–Trinajstić information content (AvgIpc) is 2.56. The smallest absolute Gasteiger partial charge is 0.146 e. The number of nitrogens with two attached hydrogens (primary N) is 1. The highest BCUT2D eigenvalue weighted by molar-refractivity contribution is 5.67.